The molecule has 0 amide bonds. The van der Waals surface area contributed by atoms with E-state index in [9.17, 15) is 14.5 Å². The van der Waals surface area contributed by atoms with Crippen LogP contribution in [0.25, 0.3) is 0 Å². The molecule has 20 heavy (non-hydrogen) atoms. The van der Waals surface area contributed by atoms with Crippen molar-refractivity contribution < 1.29 is 14.1 Å². The van der Waals surface area contributed by atoms with Gasteiger partial charge in [0.2, 0.25) is 5.75 Å². The summed E-state index contributed by atoms with van der Waals surface area (Å²) in [6, 6.07) is 8.36. The minimum Gasteiger partial charge on any atom is -0.447 e. The minimum absolute atomic E-state index is 0.0465. The van der Waals surface area contributed by atoms with Gasteiger partial charge in [0.05, 0.1) is 4.92 Å². The third kappa shape index (κ3) is 3.08. The third-order valence-electron chi connectivity index (χ3n) is 2.52. The van der Waals surface area contributed by atoms with Crippen molar-refractivity contribution in [1.82, 2.24) is 0 Å². The first-order chi connectivity index (χ1) is 9.52. The molecule has 0 aromatic heterocycles. The zero-order valence-corrected chi connectivity index (χ0v) is 12.3. The lowest BCUT2D eigenvalue weighted by atomic mass is 10.2. The number of alkyl halides is 1. The van der Waals surface area contributed by atoms with E-state index in [2.05, 4.69) is 15.9 Å². The fourth-order valence-corrected chi connectivity index (χ4v) is 2.21. The first kappa shape index (κ1) is 14.7. The molecule has 0 radical (unpaired) electrons. The van der Waals surface area contributed by atoms with Crippen LogP contribution >= 0.6 is 27.5 Å². The van der Waals surface area contributed by atoms with Gasteiger partial charge in [0.25, 0.3) is 0 Å². The highest BCUT2D eigenvalue weighted by Gasteiger charge is 2.19. The molecular formula is C13H8BrClFNO3. The lowest BCUT2D eigenvalue weighted by molar-refractivity contribution is -0.385. The quantitative estimate of drug-likeness (QED) is 0.434. The highest BCUT2D eigenvalue weighted by molar-refractivity contribution is 9.08. The van der Waals surface area contributed by atoms with Crippen molar-refractivity contribution in [3.8, 4) is 11.5 Å². The Balaban J connectivity index is 2.48. The molecule has 0 heterocycles. The number of nitro benzene ring substituents is 1. The molecule has 0 aliphatic rings. The maximum Gasteiger partial charge on any atom is 0.313 e. The smallest absolute Gasteiger partial charge is 0.313 e. The fraction of sp³-hybridized carbons (Fsp3) is 0.0769. The number of benzene rings is 2. The summed E-state index contributed by atoms with van der Waals surface area (Å²) in [5.74, 6) is -0.701. The molecule has 0 saturated heterocycles. The number of nitro groups is 1. The summed E-state index contributed by atoms with van der Waals surface area (Å²) in [4.78, 5) is 10.3. The van der Waals surface area contributed by atoms with Crippen molar-refractivity contribution in [2.75, 3.05) is 0 Å². The molecule has 0 saturated carbocycles. The van der Waals surface area contributed by atoms with Gasteiger partial charge in [0.15, 0.2) is 11.6 Å². The lowest BCUT2D eigenvalue weighted by Gasteiger charge is -2.10. The molecule has 2 rings (SSSR count). The van der Waals surface area contributed by atoms with Gasteiger partial charge in [-0.15, -0.1) is 0 Å². The molecule has 0 unspecified atom stereocenters. The van der Waals surface area contributed by atoms with Crippen molar-refractivity contribution in [3.63, 3.8) is 0 Å². The summed E-state index contributed by atoms with van der Waals surface area (Å²) in [6.45, 7) is 0. The van der Waals surface area contributed by atoms with Crippen molar-refractivity contribution in [2.45, 2.75) is 5.33 Å². The first-order valence-corrected chi connectivity index (χ1v) is 6.98. The van der Waals surface area contributed by atoms with Gasteiger partial charge in [0, 0.05) is 22.0 Å². The van der Waals surface area contributed by atoms with Gasteiger partial charge >= 0.3 is 5.69 Å². The number of para-hydroxylation sites is 1. The Kier molecular flexibility index (Phi) is 4.57. The second-order valence-electron chi connectivity index (χ2n) is 3.83. The van der Waals surface area contributed by atoms with Crippen LogP contribution in [0.4, 0.5) is 10.1 Å². The second kappa shape index (κ2) is 6.19. The maximum atomic E-state index is 13.8. The van der Waals surface area contributed by atoms with E-state index >= 15 is 0 Å². The summed E-state index contributed by atoms with van der Waals surface area (Å²) in [7, 11) is 0. The number of halogens is 3. The zero-order valence-electron chi connectivity index (χ0n) is 9.98. The summed E-state index contributed by atoms with van der Waals surface area (Å²) < 4.78 is 19.2. The second-order valence-corrected chi connectivity index (χ2v) is 4.83. The Morgan fingerprint density at radius 1 is 1.35 bits per heavy atom. The van der Waals surface area contributed by atoms with Gasteiger partial charge < -0.3 is 4.74 Å². The van der Waals surface area contributed by atoms with E-state index in [1.807, 2.05) is 0 Å². The Bertz CT molecular complexity index is 666. The minimum atomic E-state index is -0.629. The molecule has 4 nitrogen and oxygen atoms in total. The number of hydrogen-bond acceptors (Lipinski definition) is 3. The summed E-state index contributed by atoms with van der Waals surface area (Å²) >= 11 is 8.93. The summed E-state index contributed by atoms with van der Waals surface area (Å²) in [5, 5.41) is 11.5. The fourth-order valence-electron chi connectivity index (χ4n) is 1.60. The largest absolute Gasteiger partial charge is 0.447 e. The van der Waals surface area contributed by atoms with Crippen LogP contribution in [0.2, 0.25) is 5.02 Å². The predicted octanol–water partition coefficient (Wildman–Crippen LogP) is 5.07. The van der Waals surface area contributed by atoms with E-state index in [4.69, 9.17) is 16.3 Å². The van der Waals surface area contributed by atoms with Gasteiger partial charge in [-0.25, -0.2) is 4.39 Å². The van der Waals surface area contributed by atoms with Crippen LogP contribution in [0.3, 0.4) is 0 Å². The summed E-state index contributed by atoms with van der Waals surface area (Å²) in [6.07, 6.45) is 0. The van der Waals surface area contributed by atoms with Gasteiger partial charge in [-0.2, -0.15) is 0 Å². The normalized spacial score (nSPS) is 10.3. The van der Waals surface area contributed by atoms with Crippen LogP contribution in [0, 0.1) is 15.9 Å². The molecule has 2 aromatic carbocycles. The van der Waals surface area contributed by atoms with Crippen molar-refractivity contribution in [3.05, 3.63) is 62.9 Å². The Labute approximate surface area is 127 Å². The number of hydrogen-bond donors (Lipinski definition) is 0. The number of rotatable bonds is 4. The molecule has 2 aromatic rings. The van der Waals surface area contributed by atoms with Gasteiger partial charge in [-0.05, 0) is 18.2 Å². The van der Waals surface area contributed by atoms with E-state index < -0.39 is 10.7 Å². The van der Waals surface area contributed by atoms with Gasteiger partial charge in [-0.1, -0.05) is 39.7 Å². The van der Waals surface area contributed by atoms with Gasteiger partial charge in [0.1, 0.15) is 0 Å². The number of ether oxygens (including phenoxy) is 1. The van der Waals surface area contributed by atoms with E-state index in [1.54, 1.807) is 6.07 Å². The molecule has 0 aliphatic carbocycles. The molecule has 7 heteroatoms. The molecular weight excluding hydrogens is 353 g/mol. The van der Waals surface area contributed by atoms with E-state index in [0.717, 1.165) is 6.07 Å². The Morgan fingerprint density at radius 3 is 2.75 bits per heavy atom. The standard InChI is InChI=1S/C13H8BrClFNO3/c14-7-8-2-1-3-10(16)13(8)20-12-5-4-9(15)6-11(12)17(18)19/h1-6H,7H2. The van der Waals surface area contributed by atoms with Crippen molar-refractivity contribution in [1.29, 1.82) is 0 Å². The third-order valence-corrected chi connectivity index (χ3v) is 3.36. The van der Waals surface area contributed by atoms with Gasteiger partial charge in [-0.3, -0.25) is 10.1 Å². The zero-order chi connectivity index (χ0) is 14.7. The molecule has 0 bridgehead atoms. The average Bonchev–Trinajstić information content (AvgIpc) is 2.42. The molecule has 104 valence electrons. The predicted molar refractivity (Wildman–Crippen MR) is 77.2 cm³/mol. The topological polar surface area (TPSA) is 52.4 Å². The number of nitrogens with zero attached hydrogens (tertiary/aromatic N) is 1. The van der Waals surface area contributed by atoms with Crippen LogP contribution < -0.4 is 4.74 Å². The van der Waals surface area contributed by atoms with Crippen LogP contribution in [-0.4, -0.2) is 4.92 Å². The van der Waals surface area contributed by atoms with Crippen molar-refractivity contribution >= 4 is 33.2 Å². The van der Waals surface area contributed by atoms with Crippen LogP contribution in [0.1, 0.15) is 5.56 Å². The average molecular weight is 361 g/mol. The van der Waals surface area contributed by atoms with Crippen LogP contribution in [-0.2, 0) is 5.33 Å². The van der Waals surface area contributed by atoms with E-state index in [0.29, 0.717) is 10.9 Å². The molecule has 0 atom stereocenters. The molecule has 0 spiro atoms. The van der Waals surface area contributed by atoms with Crippen molar-refractivity contribution in [2.24, 2.45) is 0 Å². The van der Waals surface area contributed by atoms with Crippen LogP contribution in [0.5, 0.6) is 11.5 Å². The summed E-state index contributed by atoms with van der Waals surface area (Å²) in [5.41, 5.74) is 0.232. The molecule has 0 fully saturated rings. The first-order valence-electron chi connectivity index (χ1n) is 5.48. The Hall–Kier alpha value is -1.66. The molecule has 0 N–H and O–H groups in total. The van der Waals surface area contributed by atoms with E-state index in [1.165, 1.54) is 24.3 Å². The monoisotopic (exact) mass is 359 g/mol. The Morgan fingerprint density at radius 2 is 2.10 bits per heavy atom. The molecule has 0 aliphatic heterocycles. The van der Waals surface area contributed by atoms with Crippen LogP contribution in [0.15, 0.2) is 36.4 Å². The highest BCUT2D eigenvalue weighted by atomic mass is 79.9. The SMILES string of the molecule is O=[N+]([O-])c1cc(Cl)ccc1Oc1c(F)cccc1CBr. The highest BCUT2D eigenvalue weighted by Crippen LogP contribution is 2.36. The van der Waals surface area contributed by atoms with E-state index in [-0.39, 0.29) is 22.2 Å². The lowest BCUT2D eigenvalue weighted by Crippen LogP contribution is -1.97. The maximum absolute atomic E-state index is 13.8.